The van der Waals surface area contributed by atoms with Crippen LogP contribution in [0.25, 0.3) is 11.0 Å². The Morgan fingerprint density at radius 3 is 2.41 bits per heavy atom. The third kappa shape index (κ3) is 4.19. The fourth-order valence-electron chi connectivity index (χ4n) is 3.39. The lowest BCUT2D eigenvalue weighted by atomic mass is 10.1. The fraction of sp³-hybridized carbons (Fsp3) is 0.208. The third-order valence-electron chi connectivity index (χ3n) is 5.00. The van der Waals surface area contributed by atoms with E-state index < -0.39 is 0 Å². The Morgan fingerprint density at radius 1 is 0.931 bits per heavy atom. The fourth-order valence-corrected chi connectivity index (χ4v) is 3.39. The highest BCUT2D eigenvalue weighted by Gasteiger charge is 2.17. The van der Waals surface area contributed by atoms with E-state index >= 15 is 0 Å². The summed E-state index contributed by atoms with van der Waals surface area (Å²) in [4.78, 5) is 15.0. The van der Waals surface area contributed by atoms with Crippen molar-refractivity contribution in [2.75, 3.05) is 11.4 Å². The molecule has 0 radical (unpaired) electrons. The maximum atomic E-state index is 13.2. The number of anilines is 1. The number of hydrogen-bond donors (Lipinski definition) is 0. The van der Waals surface area contributed by atoms with Gasteiger partial charge in [-0.15, -0.1) is 5.10 Å². The van der Waals surface area contributed by atoms with Gasteiger partial charge >= 0.3 is 0 Å². The molecule has 0 saturated carbocycles. The maximum absolute atomic E-state index is 13.2. The second-order valence-corrected chi connectivity index (χ2v) is 7.08. The topological polar surface area (TPSA) is 51.0 Å². The molecule has 146 valence electrons. The van der Waals surface area contributed by atoms with Gasteiger partial charge in [-0.2, -0.15) is 0 Å². The van der Waals surface area contributed by atoms with Gasteiger partial charge in [-0.3, -0.25) is 4.79 Å². The number of carbonyl (C=O) groups is 1. The summed E-state index contributed by atoms with van der Waals surface area (Å²) in [5.74, 6) is 0.0300. The van der Waals surface area contributed by atoms with Crippen LogP contribution in [0.1, 0.15) is 35.7 Å². The summed E-state index contributed by atoms with van der Waals surface area (Å²) in [6.07, 6.45) is 2.01. The highest BCUT2D eigenvalue weighted by atomic mass is 16.2. The van der Waals surface area contributed by atoms with Crippen LogP contribution < -0.4 is 4.90 Å². The Balaban J connectivity index is 1.53. The molecule has 0 aliphatic carbocycles. The number of rotatable bonds is 7. The van der Waals surface area contributed by atoms with E-state index in [2.05, 4.69) is 17.2 Å². The molecule has 0 N–H and O–H groups in total. The van der Waals surface area contributed by atoms with Gasteiger partial charge in [0.25, 0.3) is 5.91 Å². The van der Waals surface area contributed by atoms with Crippen molar-refractivity contribution in [3.8, 4) is 0 Å². The second-order valence-electron chi connectivity index (χ2n) is 7.08. The molecule has 0 atom stereocenters. The molecule has 4 aromatic rings. The minimum atomic E-state index is 0.0300. The molecule has 3 aromatic carbocycles. The van der Waals surface area contributed by atoms with Crippen LogP contribution >= 0.6 is 0 Å². The van der Waals surface area contributed by atoms with Crippen molar-refractivity contribution in [3.63, 3.8) is 0 Å². The number of fused-ring (bicyclic) bond motifs is 1. The lowest BCUT2D eigenvalue weighted by Crippen LogP contribution is -2.31. The molecule has 1 aromatic heterocycles. The first-order valence-electron chi connectivity index (χ1n) is 10.0. The summed E-state index contributed by atoms with van der Waals surface area (Å²) in [5.41, 5.74) is 4.59. The Labute approximate surface area is 170 Å². The standard InChI is InChI=1S/C24H24N4O/c1-2-3-17-27(21-9-5-4-6-10-21)24(29)20-15-13-19(14-16-20)18-28-23-12-8-7-11-22(23)25-26-28/h4-16H,2-3,17-18H2,1H3. The van der Waals surface area contributed by atoms with Gasteiger partial charge < -0.3 is 4.90 Å². The number of aromatic nitrogens is 3. The van der Waals surface area contributed by atoms with Crippen molar-refractivity contribution in [3.05, 3.63) is 90.0 Å². The molecule has 0 spiro atoms. The Kier molecular flexibility index (Phi) is 5.66. The SMILES string of the molecule is CCCCN(C(=O)c1ccc(Cn2nnc3ccccc32)cc1)c1ccccc1. The van der Waals surface area contributed by atoms with Crippen molar-refractivity contribution < 1.29 is 4.79 Å². The largest absolute Gasteiger partial charge is 0.308 e. The van der Waals surface area contributed by atoms with Gasteiger partial charge in [0, 0.05) is 17.8 Å². The summed E-state index contributed by atoms with van der Waals surface area (Å²) < 4.78 is 1.88. The lowest BCUT2D eigenvalue weighted by Gasteiger charge is -2.23. The molecule has 5 heteroatoms. The average molecular weight is 384 g/mol. The normalized spacial score (nSPS) is 10.9. The van der Waals surface area contributed by atoms with Gasteiger partial charge in [-0.1, -0.05) is 61.0 Å². The molecule has 0 saturated heterocycles. The molecule has 29 heavy (non-hydrogen) atoms. The first-order valence-corrected chi connectivity index (χ1v) is 10.0. The highest BCUT2D eigenvalue weighted by Crippen LogP contribution is 2.19. The van der Waals surface area contributed by atoms with Gasteiger partial charge in [-0.25, -0.2) is 4.68 Å². The average Bonchev–Trinajstić information content (AvgIpc) is 3.18. The molecule has 1 amide bonds. The smallest absolute Gasteiger partial charge is 0.258 e. The molecule has 0 aliphatic rings. The summed E-state index contributed by atoms with van der Waals surface area (Å²) in [6.45, 7) is 3.47. The summed E-state index contributed by atoms with van der Waals surface area (Å²) >= 11 is 0. The lowest BCUT2D eigenvalue weighted by molar-refractivity contribution is 0.0986. The van der Waals surface area contributed by atoms with Crippen LogP contribution in [0.5, 0.6) is 0 Å². The predicted octanol–water partition coefficient (Wildman–Crippen LogP) is 4.93. The van der Waals surface area contributed by atoms with Crippen molar-refractivity contribution in [2.45, 2.75) is 26.3 Å². The first kappa shape index (κ1) is 18.9. The minimum absolute atomic E-state index is 0.0300. The van der Waals surface area contributed by atoms with Gasteiger partial charge in [0.2, 0.25) is 0 Å². The van der Waals surface area contributed by atoms with E-state index in [0.29, 0.717) is 18.7 Å². The van der Waals surface area contributed by atoms with Crippen LogP contribution in [0.15, 0.2) is 78.9 Å². The van der Waals surface area contributed by atoms with Gasteiger partial charge in [0.05, 0.1) is 12.1 Å². The van der Waals surface area contributed by atoms with Crippen LogP contribution in [-0.2, 0) is 6.54 Å². The second kappa shape index (κ2) is 8.69. The van der Waals surface area contributed by atoms with E-state index in [1.165, 1.54) is 0 Å². The van der Waals surface area contributed by atoms with E-state index in [9.17, 15) is 4.79 Å². The van der Waals surface area contributed by atoms with E-state index in [4.69, 9.17) is 0 Å². The summed E-state index contributed by atoms with van der Waals surface area (Å²) in [6, 6.07) is 25.6. The summed E-state index contributed by atoms with van der Waals surface area (Å²) in [7, 11) is 0. The molecule has 0 aliphatic heterocycles. The van der Waals surface area contributed by atoms with Gasteiger partial charge in [-0.05, 0) is 48.4 Å². The Hall–Kier alpha value is -3.47. The number of nitrogens with zero attached hydrogens (tertiary/aromatic N) is 4. The quantitative estimate of drug-likeness (QED) is 0.454. The molecular formula is C24H24N4O. The molecule has 0 fully saturated rings. The van der Waals surface area contributed by atoms with Crippen molar-refractivity contribution >= 4 is 22.6 Å². The number of amides is 1. The maximum Gasteiger partial charge on any atom is 0.258 e. The Bertz CT molecular complexity index is 1090. The van der Waals surface area contributed by atoms with Gasteiger partial charge in [0.1, 0.15) is 5.52 Å². The number of carbonyl (C=O) groups excluding carboxylic acids is 1. The van der Waals surface area contributed by atoms with Crippen molar-refractivity contribution in [1.82, 2.24) is 15.0 Å². The molecule has 1 heterocycles. The molecule has 0 bridgehead atoms. The monoisotopic (exact) mass is 384 g/mol. The number of benzene rings is 3. The van der Waals surface area contributed by atoms with Crippen LogP contribution in [0.2, 0.25) is 0 Å². The van der Waals surface area contributed by atoms with Crippen molar-refractivity contribution in [1.29, 1.82) is 0 Å². The highest BCUT2D eigenvalue weighted by molar-refractivity contribution is 6.06. The molecule has 4 rings (SSSR count). The molecule has 0 unspecified atom stereocenters. The van der Waals surface area contributed by atoms with Crippen LogP contribution in [0, 0.1) is 0 Å². The van der Waals surface area contributed by atoms with Crippen LogP contribution in [0.3, 0.4) is 0 Å². The number of para-hydroxylation sites is 2. The van der Waals surface area contributed by atoms with E-state index in [-0.39, 0.29) is 5.91 Å². The van der Waals surface area contributed by atoms with Crippen LogP contribution in [0.4, 0.5) is 5.69 Å². The minimum Gasteiger partial charge on any atom is -0.308 e. The number of hydrogen-bond acceptors (Lipinski definition) is 3. The van der Waals surface area contributed by atoms with Crippen LogP contribution in [-0.4, -0.2) is 27.4 Å². The van der Waals surface area contributed by atoms with Crippen molar-refractivity contribution in [2.24, 2.45) is 0 Å². The molecular weight excluding hydrogens is 360 g/mol. The van der Waals surface area contributed by atoms with E-state index in [1.54, 1.807) is 0 Å². The molecule has 5 nitrogen and oxygen atoms in total. The predicted molar refractivity (Wildman–Crippen MR) is 116 cm³/mol. The third-order valence-corrected chi connectivity index (χ3v) is 5.00. The number of unbranched alkanes of at least 4 members (excludes halogenated alkanes) is 1. The van der Waals surface area contributed by atoms with Gasteiger partial charge in [0.15, 0.2) is 0 Å². The van der Waals surface area contributed by atoms with E-state index in [1.807, 2.05) is 88.4 Å². The van der Waals surface area contributed by atoms with E-state index in [0.717, 1.165) is 35.1 Å². The zero-order valence-electron chi connectivity index (χ0n) is 16.5. The summed E-state index contributed by atoms with van der Waals surface area (Å²) in [5, 5.41) is 8.44. The first-order chi connectivity index (χ1) is 14.3. The zero-order valence-corrected chi connectivity index (χ0v) is 16.5. The zero-order chi connectivity index (χ0) is 20.1. The Morgan fingerprint density at radius 2 is 1.66 bits per heavy atom.